The molecule has 0 spiro atoms. The average molecular weight is 392 g/mol. The van der Waals surface area contributed by atoms with Crippen LogP contribution in [0.2, 0.25) is 10.0 Å². The normalized spacial score (nSPS) is 10.9. The van der Waals surface area contributed by atoms with Gasteiger partial charge in [0, 0.05) is 22.0 Å². The van der Waals surface area contributed by atoms with Crippen LogP contribution in [0.15, 0.2) is 42.5 Å². The van der Waals surface area contributed by atoms with E-state index < -0.39 is 5.91 Å². The molecule has 3 N–H and O–H groups in total. The Bertz CT molecular complexity index is 935. The number of aryl methyl sites for hydroxylation is 1. The smallest absolute Gasteiger partial charge is 0.252 e. The molecule has 2 aromatic carbocycles. The highest BCUT2D eigenvalue weighted by atomic mass is 35.5. The van der Waals surface area contributed by atoms with Crippen molar-refractivity contribution in [3.8, 4) is 0 Å². The van der Waals surface area contributed by atoms with Gasteiger partial charge >= 0.3 is 0 Å². The van der Waals surface area contributed by atoms with Crippen LogP contribution in [0.1, 0.15) is 32.9 Å². The first kappa shape index (κ1) is 18.4. The lowest BCUT2D eigenvalue weighted by molar-refractivity contribution is 0.0998. The van der Waals surface area contributed by atoms with Crippen molar-refractivity contribution in [3.05, 3.63) is 86.4 Å². The highest BCUT2D eigenvalue weighted by Gasteiger charge is 2.19. The predicted molar refractivity (Wildman–Crippen MR) is 100 cm³/mol. The van der Waals surface area contributed by atoms with E-state index >= 15 is 0 Å². The van der Waals surface area contributed by atoms with Gasteiger partial charge in [-0.15, -0.1) is 0 Å². The number of nitrogens with one attached hydrogen (secondary N) is 1. The summed E-state index contributed by atoms with van der Waals surface area (Å²) < 4.78 is 13.9. The summed E-state index contributed by atoms with van der Waals surface area (Å²) in [6.45, 7) is 0. The Labute approximate surface area is 160 Å². The Morgan fingerprint density at radius 3 is 2.62 bits per heavy atom. The van der Waals surface area contributed by atoms with Gasteiger partial charge in [0.25, 0.3) is 5.91 Å². The van der Waals surface area contributed by atoms with E-state index in [0.29, 0.717) is 51.8 Å². The molecule has 0 unspecified atom stereocenters. The molecule has 7 heteroatoms. The Hall–Kier alpha value is -2.37. The van der Waals surface area contributed by atoms with E-state index in [0.717, 1.165) is 5.56 Å². The molecule has 26 heavy (non-hydrogen) atoms. The third-order valence-electron chi connectivity index (χ3n) is 4.11. The minimum atomic E-state index is -0.578. The maximum Gasteiger partial charge on any atom is 0.252 e. The number of aromatic amines is 1. The van der Waals surface area contributed by atoms with Crippen molar-refractivity contribution in [2.75, 3.05) is 0 Å². The summed E-state index contributed by atoms with van der Waals surface area (Å²) in [5.74, 6) is -0.960. The molecule has 1 heterocycles. The first-order valence-corrected chi connectivity index (χ1v) is 8.74. The van der Waals surface area contributed by atoms with Gasteiger partial charge in [-0.05, 0) is 42.7 Å². The Kier molecular flexibility index (Phi) is 5.59. The van der Waals surface area contributed by atoms with Crippen molar-refractivity contribution >= 4 is 29.1 Å². The van der Waals surface area contributed by atoms with Crippen LogP contribution >= 0.6 is 23.2 Å². The molecule has 134 valence electrons. The van der Waals surface area contributed by atoms with Crippen LogP contribution in [0.4, 0.5) is 4.39 Å². The molecule has 1 aromatic heterocycles. The summed E-state index contributed by atoms with van der Waals surface area (Å²) in [5, 5.41) is 8.03. The lowest BCUT2D eigenvalue weighted by atomic mass is 10.0. The van der Waals surface area contributed by atoms with Gasteiger partial charge in [0.1, 0.15) is 5.82 Å². The van der Waals surface area contributed by atoms with Crippen LogP contribution in [-0.4, -0.2) is 16.1 Å². The second-order valence-corrected chi connectivity index (χ2v) is 6.74. The zero-order valence-corrected chi connectivity index (χ0v) is 15.2. The predicted octanol–water partition coefficient (Wildman–Crippen LogP) is 4.33. The second-order valence-electron chi connectivity index (χ2n) is 5.90. The summed E-state index contributed by atoms with van der Waals surface area (Å²) in [7, 11) is 0. The fourth-order valence-corrected chi connectivity index (χ4v) is 3.36. The number of carbonyl (C=O) groups is 1. The Balaban J connectivity index is 1.84. The zero-order chi connectivity index (χ0) is 18.7. The number of primary amides is 1. The van der Waals surface area contributed by atoms with Gasteiger partial charge < -0.3 is 5.73 Å². The summed E-state index contributed by atoms with van der Waals surface area (Å²) in [5.41, 5.74) is 8.29. The van der Waals surface area contributed by atoms with Gasteiger partial charge in [0.2, 0.25) is 0 Å². The van der Waals surface area contributed by atoms with Gasteiger partial charge in [-0.25, -0.2) is 4.39 Å². The van der Waals surface area contributed by atoms with E-state index in [9.17, 15) is 9.18 Å². The van der Waals surface area contributed by atoms with Gasteiger partial charge in [0.15, 0.2) is 0 Å². The number of halogens is 3. The van der Waals surface area contributed by atoms with Crippen molar-refractivity contribution < 1.29 is 9.18 Å². The fraction of sp³-hybridized carbons (Fsp3) is 0.158. The largest absolute Gasteiger partial charge is 0.365 e. The average Bonchev–Trinajstić information content (AvgIpc) is 2.97. The summed E-state index contributed by atoms with van der Waals surface area (Å²) in [4.78, 5) is 11.9. The maximum absolute atomic E-state index is 13.9. The van der Waals surface area contributed by atoms with E-state index in [1.165, 1.54) is 6.07 Å². The van der Waals surface area contributed by atoms with Crippen LogP contribution in [0.5, 0.6) is 0 Å². The molecular weight excluding hydrogens is 376 g/mol. The molecule has 4 nitrogen and oxygen atoms in total. The number of benzene rings is 2. The van der Waals surface area contributed by atoms with Crippen molar-refractivity contribution in [1.29, 1.82) is 0 Å². The topological polar surface area (TPSA) is 71.8 Å². The summed E-state index contributed by atoms with van der Waals surface area (Å²) >= 11 is 12.1. The molecule has 0 radical (unpaired) electrons. The molecule has 0 saturated heterocycles. The molecular formula is C19H16Cl2FN3O. The lowest BCUT2D eigenvalue weighted by Gasteiger charge is -2.06. The van der Waals surface area contributed by atoms with E-state index in [2.05, 4.69) is 10.2 Å². The molecule has 0 aliphatic carbocycles. The first-order chi connectivity index (χ1) is 12.5. The molecule has 0 saturated carbocycles. The van der Waals surface area contributed by atoms with Crippen molar-refractivity contribution in [2.45, 2.75) is 19.3 Å². The monoisotopic (exact) mass is 391 g/mol. The number of amides is 1. The highest BCUT2D eigenvalue weighted by molar-refractivity contribution is 6.31. The quantitative estimate of drug-likeness (QED) is 0.656. The number of hydrogen-bond donors (Lipinski definition) is 2. The second kappa shape index (κ2) is 7.89. The number of rotatable bonds is 6. The minimum absolute atomic E-state index is 0.313. The number of aromatic nitrogens is 2. The van der Waals surface area contributed by atoms with Crippen LogP contribution in [0.25, 0.3) is 0 Å². The van der Waals surface area contributed by atoms with Gasteiger partial charge in [-0.3, -0.25) is 9.89 Å². The van der Waals surface area contributed by atoms with Crippen molar-refractivity contribution in [3.63, 3.8) is 0 Å². The molecule has 0 aliphatic heterocycles. The standard InChI is InChI=1S/C19H16Cl2FN3O/c20-12-4-1-3-11(9-12)10-17-18(19(23)26)16(24-25-17)8-7-13-14(21)5-2-6-15(13)22/h1-6,9H,7-8,10H2,(H2,23,26)(H,24,25). The van der Waals surface area contributed by atoms with E-state index in [4.69, 9.17) is 28.9 Å². The lowest BCUT2D eigenvalue weighted by Crippen LogP contribution is -2.15. The van der Waals surface area contributed by atoms with Gasteiger partial charge in [-0.1, -0.05) is 41.4 Å². The molecule has 0 fully saturated rings. The van der Waals surface area contributed by atoms with Crippen molar-refractivity contribution in [2.24, 2.45) is 5.73 Å². The number of carbonyl (C=O) groups excluding carboxylic acids is 1. The zero-order valence-electron chi connectivity index (χ0n) is 13.7. The molecule has 0 atom stereocenters. The SMILES string of the molecule is NC(=O)c1c(CCc2c(F)cccc2Cl)n[nH]c1Cc1cccc(Cl)c1. The van der Waals surface area contributed by atoms with Gasteiger partial charge in [0.05, 0.1) is 17.0 Å². The number of nitrogens with two attached hydrogens (primary N) is 1. The summed E-state index contributed by atoms with van der Waals surface area (Å²) in [6, 6.07) is 11.8. The highest BCUT2D eigenvalue weighted by Crippen LogP contribution is 2.23. The number of H-pyrrole nitrogens is 1. The van der Waals surface area contributed by atoms with E-state index in [-0.39, 0.29) is 5.82 Å². The maximum atomic E-state index is 13.9. The van der Waals surface area contributed by atoms with E-state index in [1.54, 1.807) is 18.2 Å². The molecule has 0 aliphatic rings. The molecule has 3 rings (SSSR count). The van der Waals surface area contributed by atoms with Crippen LogP contribution in [0.3, 0.4) is 0 Å². The van der Waals surface area contributed by atoms with Crippen LogP contribution in [0, 0.1) is 5.82 Å². The third kappa shape index (κ3) is 4.06. The minimum Gasteiger partial charge on any atom is -0.365 e. The van der Waals surface area contributed by atoms with E-state index in [1.807, 2.05) is 18.2 Å². The fourth-order valence-electron chi connectivity index (χ4n) is 2.89. The van der Waals surface area contributed by atoms with Crippen LogP contribution < -0.4 is 5.73 Å². The van der Waals surface area contributed by atoms with Gasteiger partial charge in [-0.2, -0.15) is 5.10 Å². The van der Waals surface area contributed by atoms with Crippen LogP contribution in [-0.2, 0) is 19.3 Å². The summed E-state index contributed by atoms with van der Waals surface area (Å²) in [6.07, 6.45) is 1.09. The molecule has 1 amide bonds. The number of hydrogen-bond acceptors (Lipinski definition) is 2. The molecule has 0 bridgehead atoms. The first-order valence-electron chi connectivity index (χ1n) is 7.99. The Morgan fingerprint density at radius 2 is 1.92 bits per heavy atom. The number of nitrogens with zero attached hydrogens (tertiary/aromatic N) is 1. The molecule has 3 aromatic rings. The Morgan fingerprint density at radius 1 is 1.15 bits per heavy atom. The third-order valence-corrected chi connectivity index (χ3v) is 4.70. The van der Waals surface area contributed by atoms with Crippen molar-refractivity contribution in [1.82, 2.24) is 10.2 Å².